The Hall–Kier alpha value is -3.50. The van der Waals surface area contributed by atoms with Gasteiger partial charge in [0.1, 0.15) is 17.4 Å². The van der Waals surface area contributed by atoms with E-state index in [4.69, 9.17) is 4.42 Å². The molecule has 2 aromatic carbocycles. The zero-order valence-electron chi connectivity index (χ0n) is 13.1. The van der Waals surface area contributed by atoms with Crippen molar-refractivity contribution in [3.05, 3.63) is 59.7 Å². The number of amides is 1. The summed E-state index contributed by atoms with van der Waals surface area (Å²) in [5.41, 5.74) is -0.0461. The monoisotopic (exact) mass is 385 g/mol. The van der Waals surface area contributed by atoms with E-state index in [1.54, 1.807) is 0 Å². The summed E-state index contributed by atoms with van der Waals surface area (Å²) < 4.78 is 71.5. The fraction of sp³-hybridized carbons (Fsp3) is 0.0625. The Morgan fingerprint density at radius 3 is 2.22 bits per heavy atom. The third-order valence-corrected chi connectivity index (χ3v) is 3.11. The van der Waals surface area contributed by atoms with E-state index in [-0.39, 0.29) is 23.0 Å². The Morgan fingerprint density at radius 1 is 1.00 bits per heavy atom. The van der Waals surface area contributed by atoms with E-state index >= 15 is 0 Å². The van der Waals surface area contributed by atoms with Crippen LogP contribution in [0.5, 0.6) is 5.75 Å². The highest BCUT2D eigenvalue weighted by Crippen LogP contribution is 2.24. The van der Waals surface area contributed by atoms with Crippen LogP contribution >= 0.6 is 0 Å². The molecule has 3 rings (SSSR count). The molecule has 0 fully saturated rings. The summed E-state index contributed by atoms with van der Waals surface area (Å²) >= 11 is 0. The number of anilines is 1. The first-order valence-corrected chi connectivity index (χ1v) is 7.17. The lowest BCUT2D eigenvalue weighted by Gasteiger charge is -2.08. The first-order chi connectivity index (χ1) is 12.7. The second-order valence-electron chi connectivity index (χ2n) is 5.10. The maximum atomic E-state index is 13.2. The highest BCUT2D eigenvalue weighted by atomic mass is 19.4. The maximum Gasteiger partial charge on any atom is 0.573 e. The summed E-state index contributed by atoms with van der Waals surface area (Å²) in [5, 5.41) is 9.29. The largest absolute Gasteiger partial charge is 0.573 e. The number of rotatable bonds is 4. The number of carbonyl (C=O) groups excluding carboxylic acids is 1. The number of aromatic nitrogens is 2. The Labute approximate surface area is 147 Å². The molecule has 0 atom stereocenters. The van der Waals surface area contributed by atoms with Gasteiger partial charge in [-0.1, -0.05) is 5.10 Å². The number of hydrogen-bond acceptors (Lipinski definition) is 5. The van der Waals surface area contributed by atoms with Crippen LogP contribution in [0.2, 0.25) is 0 Å². The number of nitrogens with zero attached hydrogens (tertiary/aromatic N) is 2. The second-order valence-corrected chi connectivity index (χ2v) is 5.10. The maximum absolute atomic E-state index is 13.2. The Kier molecular flexibility index (Phi) is 4.75. The molecule has 0 saturated heterocycles. The van der Waals surface area contributed by atoms with Crippen molar-refractivity contribution < 1.29 is 35.9 Å². The van der Waals surface area contributed by atoms with Gasteiger partial charge in [-0.3, -0.25) is 10.1 Å². The lowest BCUT2D eigenvalue weighted by Crippen LogP contribution is -2.17. The predicted octanol–water partition coefficient (Wildman–Crippen LogP) is 4.17. The molecule has 0 aliphatic rings. The first-order valence-electron chi connectivity index (χ1n) is 7.17. The van der Waals surface area contributed by atoms with E-state index < -0.39 is 29.7 Å². The minimum Gasteiger partial charge on any atom is -0.406 e. The number of hydrogen-bond donors (Lipinski definition) is 1. The van der Waals surface area contributed by atoms with E-state index in [1.807, 2.05) is 0 Å². The molecule has 0 aliphatic carbocycles. The van der Waals surface area contributed by atoms with E-state index in [2.05, 4.69) is 20.3 Å². The fourth-order valence-electron chi connectivity index (χ4n) is 2.04. The van der Waals surface area contributed by atoms with Gasteiger partial charge >= 0.3 is 12.4 Å². The Balaban J connectivity index is 1.70. The predicted molar refractivity (Wildman–Crippen MR) is 80.7 cm³/mol. The van der Waals surface area contributed by atoms with Gasteiger partial charge in [-0.15, -0.1) is 18.3 Å². The van der Waals surface area contributed by atoms with Crippen molar-refractivity contribution in [1.29, 1.82) is 0 Å². The second kappa shape index (κ2) is 7.02. The van der Waals surface area contributed by atoms with Crippen molar-refractivity contribution in [2.45, 2.75) is 6.36 Å². The quantitative estimate of drug-likeness (QED) is 0.683. The summed E-state index contributed by atoms with van der Waals surface area (Å²) in [7, 11) is 0. The molecular weight excluding hydrogens is 377 g/mol. The molecule has 1 amide bonds. The van der Waals surface area contributed by atoms with Gasteiger partial charge in [0.15, 0.2) is 0 Å². The average molecular weight is 385 g/mol. The van der Waals surface area contributed by atoms with Crippen molar-refractivity contribution >= 4 is 11.9 Å². The third-order valence-electron chi connectivity index (χ3n) is 3.11. The number of alkyl halides is 3. The smallest absolute Gasteiger partial charge is 0.406 e. The molecule has 27 heavy (non-hydrogen) atoms. The van der Waals surface area contributed by atoms with Crippen LogP contribution in [0.25, 0.3) is 11.5 Å². The summed E-state index contributed by atoms with van der Waals surface area (Å²) in [6, 6.07) is 6.31. The molecule has 0 radical (unpaired) electrons. The Bertz CT molecular complexity index is 950. The minimum absolute atomic E-state index is 0.0129. The molecule has 3 aromatic rings. The molecule has 0 unspecified atom stereocenters. The van der Waals surface area contributed by atoms with Crippen LogP contribution in [-0.4, -0.2) is 22.5 Å². The summed E-state index contributed by atoms with van der Waals surface area (Å²) in [6.45, 7) is 0. The minimum atomic E-state index is -4.85. The lowest BCUT2D eigenvalue weighted by atomic mass is 10.2. The van der Waals surface area contributed by atoms with Gasteiger partial charge in [0.05, 0.1) is 0 Å². The van der Waals surface area contributed by atoms with E-state index in [9.17, 15) is 26.7 Å². The number of halogens is 5. The van der Waals surface area contributed by atoms with E-state index in [1.165, 1.54) is 0 Å². The van der Waals surface area contributed by atoms with Crippen LogP contribution in [0, 0.1) is 11.6 Å². The number of nitrogens with one attached hydrogen (secondary N) is 1. The molecule has 1 aromatic heterocycles. The molecule has 1 N–H and O–H groups in total. The molecular formula is C16H8F5N3O3. The molecule has 140 valence electrons. The summed E-state index contributed by atoms with van der Waals surface area (Å²) in [5.74, 6) is -3.19. The molecule has 11 heteroatoms. The van der Waals surface area contributed by atoms with Gasteiger partial charge in [-0.25, -0.2) is 8.78 Å². The SMILES string of the molecule is O=C(Nc1nnc(-c2cc(F)cc(F)c2)o1)c1ccc(OC(F)(F)F)cc1. The van der Waals surface area contributed by atoms with Gasteiger partial charge < -0.3 is 9.15 Å². The van der Waals surface area contributed by atoms with E-state index in [0.29, 0.717) is 6.07 Å². The topological polar surface area (TPSA) is 77.3 Å². The van der Waals surface area contributed by atoms with Gasteiger partial charge in [-0.05, 0) is 36.4 Å². The summed E-state index contributed by atoms with van der Waals surface area (Å²) in [4.78, 5) is 12.0. The van der Waals surface area contributed by atoms with Crippen LogP contribution < -0.4 is 10.1 Å². The molecule has 0 saturated carbocycles. The normalized spacial score (nSPS) is 11.3. The molecule has 0 aliphatic heterocycles. The molecule has 6 nitrogen and oxygen atoms in total. The standard InChI is InChI=1S/C16H8F5N3O3/c17-10-5-9(6-11(18)7-10)14-23-24-15(26-14)22-13(25)8-1-3-12(4-2-8)27-16(19,20)21/h1-7H,(H,22,24,25). The van der Waals surface area contributed by atoms with Crippen molar-refractivity contribution in [1.82, 2.24) is 10.2 Å². The molecule has 0 bridgehead atoms. The lowest BCUT2D eigenvalue weighted by molar-refractivity contribution is -0.274. The molecule has 1 heterocycles. The Morgan fingerprint density at radius 2 is 1.63 bits per heavy atom. The van der Waals surface area contributed by atoms with Crippen molar-refractivity contribution in [2.24, 2.45) is 0 Å². The average Bonchev–Trinajstić information content (AvgIpc) is 3.01. The first kappa shape index (κ1) is 18.3. The van der Waals surface area contributed by atoms with Crippen molar-refractivity contribution in [2.75, 3.05) is 5.32 Å². The van der Waals surface area contributed by atoms with Crippen LogP contribution in [0.15, 0.2) is 46.9 Å². The van der Waals surface area contributed by atoms with E-state index in [0.717, 1.165) is 36.4 Å². The number of benzene rings is 2. The molecule has 0 spiro atoms. The van der Waals surface area contributed by atoms with Crippen molar-refractivity contribution in [3.8, 4) is 17.2 Å². The van der Waals surface area contributed by atoms with Crippen LogP contribution in [0.4, 0.5) is 28.0 Å². The van der Waals surface area contributed by atoms with Crippen molar-refractivity contribution in [3.63, 3.8) is 0 Å². The number of ether oxygens (including phenoxy) is 1. The number of carbonyl (C=O) groups is 1. The fourth-order valence-corrected chi connectivity index (χ4v) is 2.04. The van der Waals surface area contributed by atoms with Gasteiger partial charge in [0.25, 0.3) is 5.91 Å². The van der Waals surface area contributed by atoms with Gasteiger partial charge in [0.2, 0.25) is 5.89 Å². The van der Waals surface area contributed by atoms with Gasteiger partial charge in [-0.2, -0.15) is 0 Å². The van der Waals surface area contributed by atoms with Gasteiger partial charge in [0, 0.05) is 17.2 Å². The zero-order chi connectivity index (χ0) is 19.6. The van der Waals surface area contributed by atoms with Crippen LogP contribution in [-0.2, 0) is 0 Å². The third kappa shape index (κ3) is 4.77. The highest BCUT2D eigenvalue weighted by Gasteiger charge is 2.31. The highest BCUT2D eigenvalue weighted by molar-refractivity contribution is 6.03. The summed E-state index contributed by atoms with van der Waals surface area (Å²) in [6.07, 6.45) is -4.85. The zero-order valence-corrected chi connectivity index (χ0v) is 13.1. The van der Waals surface area contributed by atoms with Crippen LogP contribution in [0.1, 0.15) is 10.4 Å². The van der Waals surface area contributed by atoms with Crippen LogP contribution in [0.3, 0.4) is 0 Å².